The fraction of sp³-hybridized carbons (Fsp3) is 0.267. The number of ketones is 1. The fourth-order valence-electron chi connectivity index (χ4n) is 4.42. The van der Waals surface area contributed by atoms with Crippen molar-refractivity contribution in [1.29, 1.82) is 0 Å². The zero-order valence-electron chi connectivity index (χ0n) is 20.6. The summed E-state index contributed by atoms with van der Waals surface area (Å²) in [5.41, 5.74) is 3.61. The van der Waals surface area contributed by atoms with E-state index in [9.17, 15) is 14.7 Å². The second kappa shape index (κ2) is 9.79. The topological polar surface area (TPSA) is 66.8 Å². The molecule has 1 atom stereocenters. The maximum absolute atomic E-state index is 13.4. The molecule has 180 valence electrons. The van der Waals surface area contributed by atoms with E-state index in [1.54, 1.807) is 19.2 Å². The molecular weight excluding hydrogens is 438 g/mol. The number of hydrogen-bond donors (Lipinski definition) is 1. The first-order chi connectivity index (χ1) is 16.7. The molecule has 0 saturated carbocycles. The quantitative estimate of drug-likeness (QED) is 0.454. The lowest BCUT2D eigenvalue weighted by Crippen LogP contribution is -2.31. The smallest absolute Gasteiger partial charge is 0.294 e. The number of ether oxygens (including phenoxy) is 1. The Morgan fingerprint density at radius 3 is 2.14 bits per heavy atom. The Morgan fingerprint density at radius 2 is 1.57 bits per heavy atom. The van der Waals surface area contributed by atoms with Crippen LogP contribution in [-0.4, -0.2) is 23.9 Å². The molecule has 0 spiro atoms. The lowest BCUT2D eigenvalue weighted by Gasteiger charge is -2.28. The number of aliphatic hydroxyl groups excluding tert-OH is 1. The fourth-order valence-corrected chi connectivity index (χ4v) is 4.42. The van der Waals surface area contributed by atoms with Crippen LogP contribution in [0.2, 0.25) is 0 Å². The highest BCUT2D eigenvalue weighted by atomic mass is 16.5. The average molecular weight is 470 g/mol. The zero-order valence-corrected chi connectivity index (χ0v) is 20.6. The third-order valence-electron chi connectivity index (χ3n) is 6.44. The molecule has 1 aliphatic rings. The first-order valence-corrected chi connectivity index (χ1v) is 11.8. The van der Waals surface area contributed by atoms with Crippen molar-refractivity contribution in [2.75, 3.05) is 12.0 Å². The molecule has 1 amide bonds. The molecule has 0 aromatic heterocycles. The van der Waals surface area contributed by atoms with Crippen LogP contribution in [0, 0.1) is 0 Å². The minimum absolute atomic E-state index is 0.0398. The Kier molecular flexibility index (Phi) is 6.79. The van der Waals surface area contributed by atoms with Crippen molar-refractivity contribution in [3.05, 3.63) is 107 Å². The van der Waals surface area contributed by atoms with Gasteiger partial charge in [0.2, 0.25) is 0 Å². The number of hydrogen-bond acceptors (Lipinski definition) is 4. The monoisotopic (exact) mass is 469 g/mol. The summed E-state index contributed by atoms with van der Waals surface area (Å²) in [6.07, 6.45) is 0.723. The molecule has 5 nitrogen and oxygen atoms in total. The molecule has 3 aromatic carbocycles. The van der Waals surface area contributed by atoms with Gasteiger partial charge in [0.15, 0.2) is 11.5 Å². The van der Waals surface area contributed by atoms with E-state index < -0.39 is 17.7 Å². The van der Waals surface area contributed by atoms with E-state index in [-0.39, 0.29) is 23.2 Å². The summed E-state index contributed by atoms with van der Waals surface area (Å²) < 4.78 is 5.28. The number of carbonyl (C=O) groups excluding carboxylic acids is 2. The number of carbonyl (C=O) groups is 2. The van der Waals surface area contributed by atoms with Crippen LogP contribution in [0.25, 0.3) is 0 Å². The van der Waals surface area contributed by atoms with E-state index in [1.807, 2.05) is 66.7 Å². The lowest BCUT2D eigenvalue weighted by atomic mass is 9.87. The molecule has 1 heterocycles. The van der Waals surface area contributed by atoms with Crippen molar-refractivity contribution < 1.29 is 19.4 Å². The van der Waals surface area contributed by atoms with Crippen molar-refractivity contribution >= 4 is 17.4 Å². The molecule has 1 aliphatic heterocycles. The number of rotatable bonds is 7. The van der Waals surface area contributed by atoms with Crippen molar-refractivity contribution in [3.63, 3.8) is 0 Å². The van der Waals surface area contributed by atoms with Crippen LogP contribution >= 0.6 is 0 Å². The standard InChI is InChI=1S/C30H31NO4/c1-30(2,3)22-13-15-23(16-14-22)31-27(21-11-17-24(35-4)18-12-21)26(28(33)29(31)34)25(32)19-10-20-8-6-5-7-9-20/h5-9,11-18,27,33H,10,19H2,1-4H3. The first-order valence-electron chi connectivity index (χ1n) is 11.8. The van der Waals surface area contributed by atoms with Gasteiger partial charge in [0, 0.05) is 12.1 Å². The molecule has 1 unspecified atom stereocenters. The molecule has 0 radical (unpaired) electrons. The van der Waals surface area contributed by atoms with Gasteiger partial charge in [0.25, 0.3) is 5.91 Å². The molecule has 3 aromatic rings. The molecule has 1 N–H and O–H groups in total. The molecular formula is C30H31NO4. The summed E-state index contributed by atoms with van der Waals surface area (Å²) in [4.78, 5) is 28.3. The van der Waals surface area contributed by atoms with Crippen molar-refractivity contribution in [1.82, 2.24) is 0 Å². The highest BCUT2D eigenvalue weighted by Gasteiger charge is 2.44. The van der Waals surface area contributed by atoms with E-state index in [0.29, 0.717) is 17.9 Å². The highest BCUT2D eigenvalue weighted by Crippen LogP contribution is 2.42. The van der Waals surface area contributed by atoms with Crippen LogP contribution in [0.4, 0.5) is 5.69 Å². The summed E-state index contributed by atoms with van der Waals surface area (Å²) in [6.45, 7) is 6.38. The molecule has 0 bridgehead atoms. The van der Waals surface area contributed by atoms with Gasteiger partial charge in [-0.1, -0.05) is 75.4 Å². The van der Waals surface area contributed by atoms with Gasteiger partial charge in [-0.25, -0.2) is 0 Å². The normalized spacial score (nSPS) is 16.1. The summed E-state index contributed by atoms with van der Waals surface area (Å²) >= 11 is 0. The first kappa shape index (κ1) is 24.3. The Hall–Kier alpha value is -3.86. The highest BCUT2D eigenvalue weighted by molar-refractivity contribution is 6.16. The molecule has 0 saturated heterocycles. The third kappa shape index (κ3) is 4.99. The number of anilines is 1. The second-order valence-electron chi connectivity index (χ2n) is 9.82. The van der Waals surface area contributed by atoms with E-state index in [2.05, 4.69) is 20.8 Å². The van der Waals surface area contributed by atoms with Gasteiger partial charge in [-0.15, -0.1) is 0 Å². The van der Waals surface area contributed by atoms with E-state index >= 15 is 0 Å². The molecule has 35 heavy (non-hydrogen) atoms. The third-order valence-corrected chi connectivity index (χ3v) is 6.44. The van der Waals surface area contributed by atoms with Crippen LogP contribution in [-0.2, 0) is 21.4 Å². The van der Waals surface area contributed by atoms with Crippen LogP contribution in [0.3, 0.4) is 0 Å². The summed E-state index contributed by atoms with van der Waals surface area (Å²) in [7, 11) is 1.58. The molecule has 5 heteroatoms. The summed E-state index contributed by atoms with van der Waals surface area (Å²) in [6, 6.07) is 24.0. The van der Waals surface area contributed by atoms with E-state index in [4.69, 9.17) is 4.74 Å². The predicted octanol–water partition coefficient (Wildman–Crippen LogP) is 6.09. The van der Waals surface area contributed by atoms with Gasteiger partial charge in [0.1, 0.15) is 5.75 Å². The SMILES string of the molecule is COc1ccc(C2C(C(=O)CCc3ccccc3)=C(O)C(=O)N2c2ccc(C(C)(C)C)cc2)cc1. The summed E-state index contributed by atoms with van der Waals surface area (Å²) in [5.74, 6) is -0.625. The van der Waals surface area contributed by atoms with E-state index in [1.165, 1.54) is 4.90 Å². The number of aliphatic hydroxyl groups is 1. The molecule has 0 fully saturated rings. The maximum atomic E-state index is 13.4. The number of methoxy groups -OCH3 is 1. The van der Waals surface area contributed by atoms with Gasteiger partial charge >= 0.3 is 0 Å². The van der Waals surface area contributed by atoms with Crippen molar-refractivity contribution in [3.8, 4) is 5.75 Å². The molecule has 4 rings (SSSR count). The number of aryl methyl sites for hydroxylation is 1. The van der Waals surface area contributed by atoms with Crippen molar-refractivity contribution in [2.45, 2.75) is 45.1 Å². The Bertz CT molecular complexity index is 1240. The number of Topliss-reactive ketones (excluding diaryl/α,β-unsaturated/α-hetero) is 1. The van der Waals surface area contributed by atoms with Gasteiger partial charge in [-0.2, -0.15) is 0 Å². The Morgan fingerprint density at radius 1 is 0.943 bits per heavy atom. The van der Waals surface area contributed by atoms with Crippen LogP contribution in [0.5, 0.6) is 5.75 Å². The number of benzene rings is 3. The second-order valence-corrected chi connectivity index (χ2v) is 9.82. The number of amides is 1. The number of nitrogens with zero attached hydrogens (tertiary/aromatic N) is 1. The Labute approximate surface area is 206 Å². The van der Waals surface area contributed by atoms with Crippen LogP contribution in [0.1, 0.15) is 49.9 Å². The van der Waals surface area contributed by atoms with Gasteiger partial charge in [0.05, 0.1) is 18.7 Å². The maximum Gasteiger partial charge on any atom is 0.294 e. The van der Waals surface area contributed by atoms with Crippen LogP contribution < -0.4 is 9.64 Å². The summed E-state index contributed by atoms with van der Waals surface area (Å²) in [5, 5.41) is 10.9. The average Bonchev–Trinajstić information content (AvgIpc) is 3.13. The van der Waals surface area contributed by atoms with Gasteiger partial charge < -0.3 is 9.84 Å². The minimum Gasteiger partial charge on any atom is -0.503 e. The zero-order chi connectivity index (χ0) is 25.2. The largest absolute Gasteiger partial charge is 0.503 e. The van der Waals surface area contributed by atoms with E-state index in [0.717, 1.165) is 16.7 Å². The molecule has 0 aliphatic carbocycles. The van der Waals surface area contributed by atoms with Crippen molar-refractivity contribution in [2.24, 2.45) is 0 Å². The predicted molar refractivity (Wildman–Crippen MR) is 138 cm³/mol. The van der Waals surface area contributed by atoms with Crippen LogP contribution in [0.15, 0.2) is 90.2 Å². The Balaban J connectivity index is 1.72. The van der Waals surface area contributed by atoms with Gasteiger partial charge in [-0.3, -0.25) is 14.5 Å². The lowest BCUT2D eigenvalue weighted by molar-refractivity contribution is -0.118. The van der Waals surface area contributed by atoms with Gasteiger partial charge in [-0.05, 0) is 52.8 Å². The minimum atomic E-state index is -0.725.